The van der Waals surface area contributed by atoms with E-state index in [1.54, 1.807) is 30.3 Å². The van der Waals surface area contributed by atoms with Gasteiger partial charge in [-0.1, -0.05) is 83.9 Å². The summed E-state index contributed by atoms with van der Waals surface area (Å²) in [7, 11) is 0. The van der Waals surface area contributed by atoms with Crippen LogP contribution < -0.4 is 9.80 Å². The van der Waals surface area contributed by atoms with Crippen LogP contribution >= 0.6 is 0 Å². The molecular weight excluding hydrogens is 633 g/mol. The first-order chi connectivity index (χ1) is 24.5. The smallest absolute Gasteiger partial charge is 0.266 e. The molecule has 4 amide bonds. The predicted molar refractivity (Wildman–Crippen MR) is 202 cm³/mol. The molecule has 2 aliphatic heterocycles. The molecule has 0 unspecified atom stereocenters. The highest BCUT2D eigenvalue weighted by molar-refractivity contribution is 6.36. The van der Waals surface area contributed by atoms with Crippen molar-refractivity contribution in [2.45, 2.75) is 34.6 Å². The largest absolute Gasteiger partial charge is 0.268 e. The number of anilines is 2. The van der Waals surface area contributed by atoms with Gasteiger partial charge in [-0.25, -0.2) is 9.80 Å². The summed E-state index contributed by atoms with van der Waals surface area (Å²) < 4.78 is 0. The van der Waals surface area contributed by atoms with E-state index in [4.69, 9.17) is 0 Å². The van der Waals surface area contributed by atoms with Crippen LogP contribution in [0.5, 0.6) is 0 Å². The highest BCUT2D eigenvalue weighted by Crippen LogP contribution is 2.40. The van der Waals surface area contributed by atoms with Gasteiger partial charge in [-0.15, -0.1) is 0 Å². The van der Waals surface area contributed by atoms with Crippen molar-refractivity contribution in [3.8, 4) is 33.4 Å². The van der Waals surface area contributed by atoms with Gasteiger partial charge in [0.25, 0.3) is 23.6 Å². The average molecular weight is 667 g/mol. The van der Waals surface area contributed by atoms with Crippen molar-refractivity contribution in [1.82, 2.24) is 0 Å². The lowest BCUT2D eigenvalue weighted by Crippen LogP contribution is -2.31. The van der Waals surface area contributed by atoms with Crippen molar-refractivity contribution >= 4 is 35.0 Å². The molecule has 248 valence electrons. The molecule has 0 atom stereocenters. The van der Waals surface area contributed by atoms with Crippen molar-refractivity contribution < 1.29 is 19.2 Å². The minimum absolute atomic E-state index is 0.333. The molecule has 0 aromatic heterocycles. The summed E-state index contributed by atoms with van der Waals surface area (Å²) in [5.41, 5.74) is 13.0. The Morgan fingerprint density at radius 1 is 0.353 bits per heavy atom. The predicted octanol–water partition coefficient (Wildman–Crippen LogP) is 9.83. The van der Waals surface area contributed by atoms with E-state index < -0.39 is 0 Å². The maximum absolute atomic E-state index is 13.9. The molecule has 6 aromatic rings. The van der Waals surface area contributed by atoms with Crippen molar-refractivity contribution in [3.05, 3.63) is 165 Å². The van der Waals surface area contributed by atoms with Gasteiger partial charge in [-0.3, -0.25) is 19.2 Å². The fraction of sp³-hybridized carbons (Fsp3) is 0.111. The summed E-state index contributed by atoms with van der Waals surface area (Å²) in [4.78, 5) is 57.1. The lowest BCUT2D eigenvalue weighted by Gasteiger charge is -2.23. The molecule has 0 aliphatic carbocycles. The van der Waals surface area contributed by atoms with Gasteiger partial charge in [0.05, 0.1) is 33.6 Å². The molecule has 6 heteroatoms. The van der Waals surface area contributed by atoms with Crippen LogP contribution in [0.1, 0.15) is 69.2 Å². The third-order valence-corrected chi connectivity index (χ3v) is 10.3. The van der Waals surface area contributed by atoms with Crippen LogP contribution in [-0.4, -0.2) is 23.6 Å². The van der Waals surface area contributed by atoms with E-state index in [9.17, 15) is 19.2 Å². The minimum Gasteiger partial charge on any atom is -0.268 e. The SMILES string of the molecule is Cc1ccc(-c2ccc3c(c2)C(=O)N(c2ccc(-c4cc(C)c(N5C(=O)c6ccc(-c7ccc(C)cc7)cc6C5=O)c(C)c4C)cc2)C3=O)cc1. The molecule has 0 bridgehead atoms. The van der Waals surface area contributed by atoms with E-state index in [0.717, 1.165) is 61.2 Å². The zero-order valence-electron chi connectivity index (χ0n) is 29.0. The number of hydrogen-bond donors (Lipinski definition) is 0. The number of carbonyl (C=O) groups excluding carboxylic acids is 4. The van der Waals surface area contributed by atoms with Gasteiger partial charge in [0.2, 0.25) is 0 Å². The zero-order chi connectivity index (χ0) is 35.7. The second kappa shape index (κ2) is 11.9. The Morgan fingerprint density at radius 3 is 1.27 bits per heavy atom. The van der Waals surface area contributed by atoms with Crippen LogP contribution in [0, 0.1) is 34.6 Å². The maximum atomic E-state index is 13.9. The van der Waals surface area contributed by atoms with Crippen molar-refractivity contribution in [3.63, 3.8) is 0 Å². The van der Waals surface area contributed by atoms with Crippen molar-refractivity contribution in [2.24, 2.45) is 0 Å². The number of hydrogen-bond acceptors (Lipinski definition) is 4. The van der Waals surface area contributed by atoms with Crippen LogP contribution in [-0.2, 0) is 0 Å². The molecule has 0 spiro atoms. The number of fused-ring (bicyclic) bond motifs is 2. The Kier molecular flexibility index (Phi) is 7.42. The zero-order valence-corrected chi connectivity index (χ0v) is 29.0. The number of carbonyl (C=O) groups is 4. The Balaban J connectivity index is 1.07. The molecule has 8 rings (SSSR count). The molecular formula is C45H34N2O4. The average Bonchev–Trinajstić information content (AvgIpc) is 3.53. The van der Waals surface area contributed by atoms with Crippen LogP contribution in [0.2, 0.25) is 0 Å². The van der Waals surface area contributed by atoms with E-state index in [2.05, 4.69) is 0 Å². The summed E-state index contributed by atoms with van der Waals surface area (Å²) in [5.74, 6) is -1.37. The standard InChI is InChI=1S/C45H34N2O4/c1-25-6-10-30(11-7-25)33-16-20-36-39(23-33)44(50)46(42(36)48)35-18-14-32(15-19-35)38-22-27(3)41(29(5)28(38)4)47-43(49)37-21-17-34(24-40(37)45(47)51)31-12-8-26(2)9-13-31/h6-24H,1-5H3. The third kappa shape index (κ3) is 5.10. The van der Waals surface area contributed by atoms with Crippen LogP contribution in [0.15, 0.2) is 115 Å². The molecule has 6 nitrogen and oxygen atoms in total. The quantitative estimate of drug-likeness (QED) is 0.172. The summed E-state index contributed by atoms with van der Waals surface area (Å²) in [6.07, 6.45) is 0. The van der Waals surface area contributed by atoms with Gasteiger partial charge in [0.15, 0.2) is 0 Å². The summed E-state index contributed by atoms with van der Waals surface area (Å²) in [6.45, 7) is 9.87. The Morgan fingerprint density at radius 2 is 0.765 bits per heavy atom. The highest BCUT2D eigenvalue weighted by atomic mass is 16.2. The number of imide groups is 2. The van der Waals surface area contributed by atoms with Gasteiger partial charge in [0.1, 0.15) is 0 Å². The van der Waals surface area contributed by atoms with Gasteiger partial charge >= 0.3 is 0 Å². The number of amides is 4. The molecule has 0 saturated heterocycles. The van der Waals surface area contributed by atoms with Gasteiger partial charge in [0, 0.05) is 0 Å². The van der Waals surface area contributed by atoms with Crippen molar-refractivity contribution in [1.29, 1.82) is 0 Å². The van der Waals surface area contributed by atoms with Crippen LogP contribution in [0.4, 0.5) is 11.4 Å². The molecule has 0 N–H and O–H groups in total. The number of aryl methyl sites for hydroxylation is 3. The van der Waals surface area contributed by atoms with Crippen LogP contribution in [0.25, 0.3) is 33.4 Å². The molecule has 51 heavy (non-hydrogen) atoms. The third-order valence-electron chi connectivity index (χ3n) is 10.3. The second-order valence-electron chi connectivity index (χ2n) is 13.5. The monoisotopic (exact) mass is 666 g/mol. The second-order valence-corrected chi connectivity index (χ2v) is 13.5. The molecule has 0 saturated carbocycles. The first-order valence-electron chi connectivity index (χ1n) is 16.9. The number of rotatable bonds is 5. The first-order valence-corrected chi connectivity index (χ1v) is 16.9. The Bertz CT molecular complexity index is 2480. The molecule has 2 heterocycles. The van der Waals surface area contributed by atoms with Gasteiger partial charge in [-0.2, -0.15) is 0 Å². The number of benzene rings is 6. The number of nitrogens with zero attached hydrogens (tertiary/aromatic N) is 2. The normalized spacial score (nSPS) is 13.7. The molecule has 0 radical (unpaired) electrons. The van der Waals surface area contributed by atoms with E-state index >= 15 is 0 Å². The highest BCUT2D eigenvalue weighted by Gasteiger charge is 2.39. The topological polar surface area (TPSA) is 74.8 Å². The summed E-state index contributed by atoms with van der Waals surface area (Å²) in [6, 6.07) is 36.3. The summed E-state index contributed by atoms with van der Waals surface area (Å²) in [5, 5.41) is 0. The van der Waals surface area contributed by atoms with E-state index in [-0.39, 0.29) is 23.6 Å². The van der Waals surface area contributed by atoms with E-state index in [0.29, 0.717) is 33.6 Å². The van der Waals surface area contributed by atoms with E-state index in [1.807, 2.05) is 120 Å². The van der Waals surface area contributed by atoms with Crippen molar-refractivity contribution in [2.75, 3.05) is 9.80 Å². The minimum atomic E-state index is -0.351. The lowest BCUT2D eigenvalue weighted by atomic mass is 9.92. The Labute approximate surface area is 296 Å². The first kappa shape index (κ1) is 31.8. The summed E-state index contributed by atoms with van der Waals surface area (Å²) >= 11 is 0. The van der Waals surface area contributed by atoms with Gasteiger partial charge < -0.3 is 0 Å². The van der Waals surface area contributed by atoms with Crippen LogP contribution in [0.3, 0.4) is 0 Å². The van der Waals surface area contributed by atoms with E-state index in [1.165, 1.54) is 9.80 Å². The lowest BCUT2D eigenvalue weighted by molar-refractivity contribution is 0.0910. The molecule has 0 fully saturated rings. The van der Waals surface area contributed by atoms with Gasteiger partial charge in [-0.05, 0) is 127 Å². The molecule has 6 aromatic carbocycles. The maximum Gasteiger partial charge on any atom is 0.266 e. The molecule has 2 aliphatic rings. The fourth-order valence-electron chi connectivity index (χ4n) is 7.27. The Hall–Kier alpha value is -6.40. The fourth-order valence-corrected chi connectivity index (χ4v) is 7.27.